The molecule has 1 rings (SSSR count). The molecule has 0 aromatic heterocycles. The Morgan fingerprint density at radius 2 is 1.95 bits per heavy atom. The second-order valence-corrected chi connectivity index (χ2v) is 8.16. The van der Waals surface area contributed by atoms with E-state index in [0.717, 1.165) is 0 Å². The highest BCUT2D eigenvalue weighted by molar-refractivity contribution is 7.63. The van der Waals surface area contributed by atoms with Crippen molar-refractivity contribution in [3.63, 3.8) is 0 Å². The standard InChI is InChI=1S/C13H23NO5P2/c1-4-10(3)19-21(16,17)13(20-15,18-5-2)11-6-8-12(14)9-7-11/h6-10H,4-5,14,20H2,1-3H3,(H,16,17). The molecule has 0 aliphatic heterocycles. The molecule has 0 aliphatic rings. The largest absolute Gasteiger partial charge is 0.399 e. The van der Waals surface area contributed by atoms with Crippen LogP contribution in [0.4, 0.5) is 5.69 Å². The van der Waals surface area contributed by atoms with Crippen LogP contribution in [0, 0.1) is 0 Å². The van der Waals surface area contributed by atoms with Crippen molar-refractivity contribution >= 4 is 21.7 Å². The molecule has 0 saturated carbocycles. The summed E-state index contributed by atoms with van der Waals surface area (Å²) < 4.78 is 35.3. The smallest absolute Gasteiger partial charge is 0.371 e. The Balaban J connectivity index is 3.35. The zero-order valence-electron chi connectivity index (χ0n) is 12.5. The summed E-state index contributed by atoms with van der Waals surface area (Å²) in [6.45, 7) is 5.32. The van der Waals surface area contributed by atoms with E-state index in [1.54, 1.807) is 38.1 Å². The maximum atomic E-state index is 12.7. The van der Waals surface area contributed by atoms with Crippen molar-refractivity contribution in [3.05, 3.63) is 29.8 Å². The second-order valence-electron chi connectivity index (χ2n) is 4.71. The SMILES string of the molecule is CCOC([PH2]=O)(c1ccc(N)cc1)P(=O)(O)OC(C)CC. The van der Waals surface area contributed by atoms with Crippen LogP contribution in [0.2, 0.25) is 0 Å². The van der Waals surface area contributed by atoms with Gasteiger partial charge in [0.1, 0.15) is 8.46 Å². The van der Waals surface area contributed by atoms with Crippen LogP contribution in [-0.4, -0.2) is 17.6 Å². The van der Waals surface area contributed by atoms with Gasteiger partial charge in [0, 0.05) is 17.9 Å². The Morgan fingerprint density at radius 3 is 2.38 bits per heavy atom. The van der Waals surface area contributed by atoms with Crippen molar-refractivity contribution in [1.29, 1.82) is 0 Å². The van der Waals surface area contributed by atoms with Crippen LogP contribution in [0.1, 0.15) is 32.8 Å². The third-order valence-corrected chi connectivity index (χ3v) is 7.15. The second kappa shape index (κ2) is 7.57. The predicted octanol–water partition coefficient (Wildman–Crippen LogP) is 3.17. The van der Waals surface area contributed by atoms with Crippen LogP contribution in [0.3, 0.4) is 0 Å². The van der Waals surface area contributed by atoms with Gasteiger partial charge in [0.15, 0.2) is 0 Å². The van der Waals surface area contributed by atoms with Gasteiger partial charge in [-0.05, 0) is 32.4 Å². The van der Waals surface area contributed by atoms with Gasteiger partial charge in [0.05, 0.1) is 6.10 Å². The summed E-state index contributed by atoms with van der Waals surface area (Å²) in [5, 5.41) is -1.83. The van der Waals surface area contributed by atoms with Crippen LogP contribution in [0.5, 0.6) is 0 Å². The maximum Gasteiger partial charge on any atom is 0.371 e. The number of ether oxygens (including phenoxy) is 1. The molecule has 4 atom stereocenters. The fraction of sp³-hybridized carbons (Fsp3) is 0.538. The number of nitrogens with two attached hydrogens (primary N) is 1. The molecule has 0 saturated heterocycles. The average molecular weight is 335 g/mol. The molecule has 1 aromatic rings. The summed E-state index contributed by atoms with van der Waals surface area (Å²) in [6, 6.07) is 6.22. The Bertz CT molecular complexity index is 522. The molecule has 120 valence electrons. The fourth-order valence-electron chi connectivity index (χ4n) is 1.84. The number of benzene rings is 1. The summed E-state index contributed by atoms with van der Waals surface area (Å²) in [6.07, 6.45) is 0.114. The van der Waals surface area contributed by atoms with Crippen LogP contribution in [0.15, 0.2) is 24.3 Å². The Hall–Kier alpha value is -0.640. The van der Waals surface area contributed by atoms with E-state index in [-0.39, 0.29) is 6.61 Å². The number of hydrogen-bond acceptors (Lipinski definition) is 5. The van der Waals surface area contributed by atoms with E-state index < -0.39 is 27.2 Å². The number of rotatable bonds is 8. The first-order valence-electron chi connectivity index (χ1n) is 6.80. The van der Waals surface area contributed by atoms with Crippen molar-refractivity contribution in [3.8, 4) is 0 Å². The van der Waals surface area contributed by atoms with Gasteiger partial charge in [-0.3, -0.25) is 4.57 Å². The summed E-state index contributed by atoms with van der Waals surface area (Å²) >= 11 is 0. The van der Waals surface area contributed by atoms with E-state index >= 15 is 0 Å². The zero-order chi connectivity index (χ0) is 16.1. The first-order valence-corrected chi connectivity index (χ1v) is 9.43. The molecule has 0 heterocycles. The number of anilines is 1. The number of nitrogen functional groups attached to an aromatic ring is 1. The molecular formula is C13H23NO5P2. The van der Waals surface area contributed by atoms with Crippen molar-refractivity contribution in [1.82, 2.24) is 0 Å². The Labute approximate surface area is 126 Å². The van der Waals surface area contributed by atoms with E-state index in [4.69, 9.17) is 15.0 Å². The van der Waals surface area contributed by atoms with E-state index in [9.17, 15) is 14.0 Å². The monoisotopic (exact) mass is 335 g/mol. The van der Waals surface area contributed by atoms with E-state index in [1.807, 2.05) is 6.92 Å². The van der Waals surface area contributed by atoms with Crippen molar-refractivity contribution in [2.24, 2.45) is 0 Å². The van der Waals surface area contributed by atoms with Gasteiger partial charge >= 0.3 is 7.60 Å². The molecule has 0 bridgehead atoms. The molecule has 21 heavy (non-hydrogen) atoms. The molecule has 6 nitrogen and oxygen atoms in total. The lowest BCUT2D eigenvalue weighted by Crippen LogP contribution is -2.26. The summed E-state index contributed by atoms with van der Waals surface area (Å²) in [7, 11) is -6.05. The molecule has 4 unspecified atom stereocenters. The van der Waals surface area contributed by atoms with E-state index in [0.29, 0.717) is 17.7 Å². The Morgan fingerprint density at radius 1 is 1.38 bits per heavy atom. The summed E-state index contributed by atoms with van der Waals surface area (Å²) in [4.78, 5) is 10.4. The minimum Gasteiger partial charge on any atom is -0.399 e. The normalized spacial score (nSPS) is 19.2. The van der Waals surface area contributed by atoms with Crippen LogP contribution < -0.4 is 5.73 Å². The van der Waals surface area contributed by atoms with Crippen molar-refractivity contribution in [2.75, 3.05) is 12.3 Å². The molecule has 0 fully saturated rings. The topological polar surface area (TPSA) is 98.9 Å². The molecule has 0 spiro atoms. The third-order valence-electron chi connectivity index (χ3n) is 3.17. The van der Waals surface area contributed by atoms with Crippen LogP contribution in [0.25, 0.3) is 0 Å². The fourth-order valence-corrected chi connectivity index (χ4v) is 4.68. The predicted molar refractivity (Wildman–Crippen MR) is 85.2 cm³/mol. The summed E-state index contributed by atoms with van der Waals surface area (Å²) in [5.41, 5.74) is 6.45. The van der Waals surface area contributed by atoms with Crippen molar-refractivity contribution in [2.45, 2.75) is 38.4 Å². The first-order chi connectivity index (χ1) is 9.82. The lowest BCUT2D eigenvalue weighted by Gasteiger charge is -2.33. The van der Waals surface area contributed by atoms with Gasteiger partial charge in [-0.2, -0.15) is 0 Å². The Kier molecular flexibility index (Phi) is 6.64. The molecule has 3 N–H and O–H groups in total. The summed E-state index contributed by atoms with van der Waals surface area (Å²) in [5.74, 6) is 0. The van der Waals surface area contributed by atoms with Crippen LogP contribution >= 0.6 is 16.1 Å². The van der Waals surface area contributed by atoms with Crippen molar-refractivity contribution < 1.29 is 23.3 Å². The highest BCUT2D eigenvalue weighted by Gasteiger charge is 2.52. The maximum absolute atomic E-state index is 12.7. The minimum absolute atomic E-state index is 0.133. The highest BCUT2D eigenvalue weighted by Crippen LogP contribution is 2.67. The molecule has 1 aromatic carbocycles. The van der Waals surface area contributed by atoms with Gasteiger partial charge in [-0.1, -0.05) is 19.1 Å². The first kappa shape index (κ1) is 18.4. The average Bonchev–Trinajstić information content (AvgIpc) is 2.45. The van der Waals surface area contributed by atoms with Gasteiger partial charge in [0.2, 0.25) is 5.08 Å². The van der Waals surface area contributed by atoms with E-state index in [1.165, 1.54) is 0 Å². The lowest BCUT2D eigenvalue weighted by molar-refractivity contribution is 0.0492. The molecule has 8 heteroatoms. The quantitative estimate of drug-likeness (QED) is 0.559. The number of hydrogen-bond donors (Lipinski definition) is 2. The minimum atomic E-state index is -4.30. The van der Waals surface area contributed by atoms with Gasteiger partial charge in [-0.25, -0.2) is 0 Å². The van der Waals surface area contributed by atoms with Gasteiger partial charge in [-0.15, -0.1) is 0 Å². The molecule has 0 radical (unpaired) electrons. The molecule has 0 amide bonds. The molecular weight excluding hydrogens is 312 g/mol. The van der Waals surface area contributed by atoms with Crippen LogP contribution in [-0.2, 0) is 23.5 Å². The zero-order valence-corrected chi connectivity index (χ0v) is 14.5. The van der Waals surface area contributed by atoms with Gasteiger partial charge < -0.3 is 24.5 Å². The third kappa shape index (κ3) is 3.97. The lowest BCUT2D eigenvalue weighted by atomic mass is 10.2. The van der Waals surface area contributed by atoms with E-state index in [2.05, 4.69) is 0 Å². The van der Waals surface area contributed by atoms with Gasteiger partial charge in [0.25, 0.3) is 0 Å². The highest BCUT2D eigenvalue weighted by atomic mass is 31.2. The molecule has 0 aliphatic carbocycles.